The van der Waals surface area contributed by atoms with Crippen molar-refractivity contribution < 1.29 is 19.8 Å². The smallest absolute Gasteiger partial charge is 0.281 e. The fourth-order valence-electron chi connectivity index (χ4n) is 1.59. The number of phenolic OH excluding ortho intramolecular Hbond substituents is 2. The van der Waals surface area contributed by atoms with E-state index in [1.165, 1.54) is 23.3 Å². The summed E-state index contributed by atoms with van der Waals surface area (Å²) in [7, 11) is 0. The summed E-state index contributed by atoms with van der Waals surface area (Å²) in [5.74, 6) is -0.636. The average Bonchev–Trinajstić information content (AvgIpc) is 2.32. The second kappa shape index (κ2) is 4.40. The highest BCUT2D eigenvalue weighted by Crippen LogP contribution is 2.24. The maximum Gasteiger partial charge on any atom is 0.281 e. The lowest BCUT2D eigenvalue weighted by Gasteiger charge is -2.26. The molecule has 0 aromatic heterocycles. The van der Waals surface area contributed by atoms with Gasteiger partial charge >= 0.3 is 0 Å². The van der Waals surface area contributed by atoms with Gasteiger partial charge in [-0.3, -0.25) is 9.63 Å². The van der Waals surface area contributed by atoms with Gasteiger partial charge in [-0.05, 0) is 31.0 Å². The first-order chi connectivity index (χ1) is 7.68. The van der Waals surface area contributed by atoms with E-state index in [0.717, 1.165) is 12.8 Å². The number of carbonyl (C=O) groups is 1. The van der Waals surface area contributed by atoms with Gasteiger partial charge in [0.05, 0.1) is 12.2 Å². The molecule has 0 unspecified atom stereocenters. The maximum absolute atomic E-state index is 11.9. The monoisotopic (exact) mass is 223 g/mol. The lowest BCUT2D eigenvalue weighted by Crippen LogP contribution is -2.35. The van der Waals surface area contributed by atoms with Crippen molar-refractivity contribution in [3.63, 3.8) is 0 Å². The first-order valence-corrected chi connectivity index (χ1v) is 5.15. The number of hydroxylamine groups is 2. The molecule has 5 heteroatoms. The molecule has 5 nitrogen and oxygen atoms in total. The van der Waals surface area contributed by atoms with Crippen LogP contribution in [0.4, 0.5) is 0 Å². The number of aromatic hydroxyl groups is 2. The molecular weight excluding hydrogens is 210 g/mol. The van der Waals surface area contributed by atoms with Gasteiger partial charge < -0.3 is 10.2 Å². The summed E-state index contributed by atoms with van der Waals surface area (Å²) in [6, 6.07) is 3.84. The number of amides is 1. The van der Waals surface area contributed by atoms with Gasteiger partial charge in [0.2, 0.25) is 0 Å². The molecule has 0 aliphatic carbocycles. The molecule has 2 rings (SSSR count). The van der Waals surface area contributed by atoms with Crippen molar-refractivity contribution in [3.8, 4) is 11.5 Å². The molecule has 1 aromatic carbocycles. The van der Waals surface area contributed by atoms with Crippen molar-refractivity contribution >= 4 is 5.91 Å². The molecule has 1 heterocycles. The molecule has 0 saturated carbocycles. The Labute approximate surface area is 92.8 Å². The number of rotatable bonds is 1. The summed E-state index contributed by atoms with van der Waals surface area (Å²) >= 11 is 0. The van der Waals surface area contributed by atoms with E-state index in [9.17, 15) is 15.0 Å². The van der Waals surface area contributed by atoms with Crippen LogP contribution in [-0.4, -0.2) is 34.3 Å². The quantitative estimate of drug-likeness (QED) is 0.703. The molecule has 16 heavy (non-hydrogen) atoms. The fraction of sp³-hybridized carbons (Fsp3) is 0.364. The molecule has 86 valence electrons. The molecule has 2 N–H and O–H groups in total. The second-order valence-corrected chi connectivity index (χ2v) is 3.65. The largest absolute Gasteiger partial charge is 0.508 e. The Hall–Kier alpha value is -1.75. The van der Waals surface area contributed by atoms with Crippen molar-refractivity contribution in [1.82, 2.24) is 5.06 Å². The summed E-state index contributed by atoms with van der Waals surface area (Å²) < 4.78 is 0. The third-order valence-electron chi connectivity index (χ3n) is 2.44. The first-order valence-electron chi connectivity index (χ1n) is 5.15. The zero-order valence-electron chi connectivity index (χ0n) is 8.72. The first kappa shape index (κ1) is 10.8. The van der Waals surface area contributed by atoms with Gasteiger partial charge in [0.25, 0.3) is 5.91 Å². The summed E-state index contributed by atoms with van der Waals surface area (Å²) in [5.41, 5.74) is 0.0573. The summed E-state index contributed by atoms with van der Waals surface area (Å²) in [6.45, 7) is 1.01. The van der Waals surface area contributed by atoms with E-state index < -0.39 is 5.91 Å². The predicted octanol–water partition coefficient (Wildman–Crippen LogP) is 1.27. The normalized spacial score (nSPS) is 16.1. The summed E-state index contributed by atoms with van der Waals surface area (Å²) in [5, 5.41) is 20.0. The number of hydrogen-bond acceptors (Lipinski definition) is 4. The minimum absolute atomic E-state index is 0.0573. The molecule has 1 aliphatic rings. The van der Waals surface area contributed by atoms with Crippen LogP contribution in [0.1, 0.15) is 23.2 Å². The van der Waals surface area contributed by atoms with E-state index in [0.29, 0.717) is 13.2 Å². The summed E-state index contributed by atoms with van der Waals surface area (Å²) in [6.07, 6.45) is 1.81. The average molecular weight is 223 g/mol. The van der Waals surface area contributed by atoms with Crippen LogP contribution >= 0.6 is 0 Å². The molecule has 0 spiro atoms. The van der Waals surface area contributed by atoms with Crippen LogP contribution < -0.4 is 0 Å². The zero-order chi connectivity index (χ0) is 11.5. The highest BCUT2D eigenvalue weighted by molar-refractivity contribution is 5.96. The van der Waals surface area contributed by atoms with Gasteiger partial charge in [-0.2, -0.15) is 0 Å². The topological polar surface area (TPSA) is 70.0 Å². The van der Waals surface area contributed by atoms with Crippen molar-refractivity contribution in [2.75, 3.05) is 13.2 Å². The number of benzene rings is 1. The SMILES string of the molecule is O=C(c1cc(O)ccc1O)N1CCCCO1. The molecule has 0 atom stereocenters. The van der Waals surface area contributed by atoms with Crippen LogP contribution in [0.3, 0.4) is 0 Å². The number of carbonyl (C=O) groups excluding carboxylic acids is 1. The Morgan fingerprint density at radius 2 is 2.12 bits per heavy atom. The molecule has 1 aromatic rings. The Balaban J connectivity index is 2.22. The van der Waals surface area contributed by atoms with E-state index >= 15 is 0 Å². The van der Waals surface area contributed by atoms with Gasteiger partial charge in [-0.25, -0.2) is 5.06 Å². The molecule has 0 bridgehead atoms. The Morgan fingerprint density at radius 1 is 1.31 bits per heavy atom. The van der Waals surface area contributed by atoms with Crippen molar-refractivity contribution in [2.45, 2.75) is 12.8 Å². The Morgan fingerprint density at radius 3 is 2.81 bits per heavy atom. The van der Waals surface area contributed by atoms with Crippen LogP contribution in [0.15, 0.2) is 18.2 Å². The maximum atomic E-state index is 11.9. The minimum Gasteiger partial charge on any atom is -0.508 e. The van der Waals surface area contributed by atoms with E-state index in [-0.39, 0.29) is 17.1 Å². The van der Waals surface area contributed by atoms with E-state index in [2.05, 4.69) is 0 Å². The van der Waals surface area contributed by atoms with Gasteiger partial charge in [-0.1, -0.05) is 0 Å². The molecule has 1 saturated heterocycles. The molecule has 0 radical (unpaired) electrons. The van der Waals surface area contributed by atoms with Crippen LogP contribution in [-0.2, 0) is 4.84 Å². The van der Waals surface area contributed by atoms with E-state index in [1.807, 2.05) is 0 Å². The van der Waals surface area contributed by atoms with Crippen LogP contribution in [0.25, 0.3) is 0 Å². The number of nitrogens with zero attached hydrogens (tertiary/aromatic N) is 1. The van der Waals surface area contributed by atoms with Crippen LogP contribution in [0, 0.1) is 0 Å². The molecule has 1 fully saturated rings. The lowest BCUT2D eigenvalue weighted by molar-refractivity contribution is -0.144. The van der Waals surface area contributed by atoms with E-state index in [4.69, 9.17) is 4.84 Å². The third kappa shape index (κ3) is 2.09. The lowest BCUT2D eigenvalue weighted by atomic mass is 10.1. The van der Waals surface area contributed by atoms with Crippen LogP contribution in [0.2, 0.25) is 0 Å². The molecule has 1 aliphatic heterocycles. The van der Waals surface area contributed by atoms with Gasteiger partial charge in [0.1, 0.15) is 11.5 Å². The zero-order valence-corrected chi connectivity index (χ0v) is 8.72. The van der Waals surface area contributed by atoms with Crippen molar-refractivity contribution in [2.24, 2.45) is 0 Å². The Kier molecular flexibility index (Phi) is 2.96. The van der Waals surface area contributed by atoms with Crippen LogP contribution in [0.5, 0.6) is 11.5 Å². The highest BCUT2D eigenvalue weighted by atomic mass is 16.7. The second-order valence-electron chi connectivity index (χ2n) is 3.65. The predicted molar refractivity (Wildman–Crippen MR) is 56.0 cm³/mol. The third-order valence-corrected chi connectivity index (χ3v) is 2.44. The number of phenols is 2. The minimum atomic E-state index is -0.423. The van der Waals surface area contributed by atoms with Gasteiger partial charge in [0, 0.05) is 6.54 Å². The van der Waals surface area contributed by atoms with Gasteiger partial charge in [0.15, 0.2) is 0 Å². The van der Waals surface area contributed by atoms with E-state index in [1.54, 1.807) is 0 Å². The van der Waals surface area contributed by atoms with Crippen molar-refractivity contribution in [3.05, 3.63) is 23.8 Å². The standard InChI is InChI=1S/C11H13NO4/c13-8-3-4-10(14)9(7-8)11(15)12-5-1-2-6-16-12/h3-4,7,13-14H,1-2,5-6H2. The number of hydrogen-bond donors (Lipinski definition) is 2. The van der Waals surface area contributed by atoms with Crippen molar-refractivity contribution in [1.29, 1.82) is 0 Å². The highest BCUT2D eigenvalue weighted by Gasteiger charge is 2.22. The molecule has 1 amide bonds. The van der Waals surface area contributed by atoms with Gasteiger partial charge in [-0.15, -0.1) is 0 Å². The Bertz CT molecular complexity index is 399. The molecular formula is C11H13NO4. The fourth-order valence-corrected chi connectivity index (χ4v) is 1.59. The summed E-state index contributed by atoms with van der Waals surface area (Å²) in [4.78, 5) is 17.1.